The van der Waals surface area contributed by atoms with E-state index in [0.29, 0.717) is 6.10 Å². The fourth-order valence-electron chi connectivity index (χ4n) is 2.64. The van der Waals surface area contributed by atoms with Crippen molar-refractivity contribution in [1.29, 1.82) is 0 Å². The van der Waals surface area contributed by atoms with E-state index >= 15 is 0 Å². The molecule has 2 rings (SSSR count). The van der Waals surface area contributed by atoms with E-state index in [9.17, 15) is 0 Å². The molecule has 0 bridgehead atoms. The van der Waals surface area contributed by atoms with E-state index in [1.54, 1.807) is 0 Å². The molecule has 0 aliphatic carbocycles. The van der Waals surface area contributed by atoms with Crippen LogP contribution in [0.4, 0.5) is 0 Å². The third-order valence-corrected chi connectivity index (χ3v) is 4.32. The van der Waals surface area contributed by atoms with Gasteiger partial charge in [0.25, 0.3) is 0 Å². The summed E-state index contributed by atoms with van der Waals surface area (Å²) in [6, 6.07) is 4.09. The SMILES string of the molecule is CCCCCNC(=S)N(Cc1ccncc1)C[C@H]1CCCO1. The summed E-state index contributed by atoms with van der Waals surface area (Å²) in [5.74, 6) is 0. The summed E-state index contributed by atoms with van der Waals surface area (Å²) < 4.78 is 5.77. The van der Waals surface area contributed by atoms with Crippen molar-refractivity contribution in [2.75, 3.05) is 19.7 Å². The average Bonchev–Trinajstić information content (AvgIpc) is 3.05. The normalized spacial score (nSPS) is 17.4. The highest BCUT2D eigenvalue weighted by Crippen LogP contribution is 2.15. The molecule has 0 saturated carbocycles. The number of thiocarbonyl (C=S) groups is 1. The number of ether oxygens (including phenoxy) is 1. The molecule has 22 heavy (non-hydrogen) atoms. The molecular formula is C17H27N3OS. The molecule has 0 aromatic carbocycles. The Bertz CT molecular complexity index is 435. The minimum absolute atomic E-state index is 0.303. The lowest BCUT2D eigenvalue weighted by Gasteiger charge is -2.28. The van der Waals surface area contributed by atoms with E-state index < -0.39 is 0 Å². The number of rotatable bonds is 8. The second kappa shape index (κ2) is 9.74. The lowest BCUT2D eigenvalue weighted by molar-refractivity contribution is 0.0897. The van der Waals surface area contributed by atoms with Crippen molar-refractivity contribution < 1.29 is 4.74 Å². The highest BCUT2D eigenvalue weighted by Gasteiger charge is 2.21. The Labute approximate surface area is 139 Å². The van der Waals surface area contributed by atoms with Crippen LogP contribution in [0.15, 0.2) is 24.5 Å². The first kappa shape index (κ1) is 17.2. The van der Waals surface area contributed by atoms with Gasteiger partial charge in [-0.05, 0) is 49.2 Å². The van der Waals surface area contributed by atoms with Crippen molar-refractivity contribution in [3.63, 3.8) is 0 Å². The van der Waals surface area contributed by atoms with E-state index in [0.717, 1.165) is 44.2 Å². The molecule has 4 nitrogen and oxygen atoms in total. The van der Waals surface area contributed by atoms with Crippen LogP contribution in [0, 0.1) is 0 Å². The van der Waals surface area contributed by atoms with Crippen molar-refractivity contribution in [1.82, 2.24) is 15.2 Å². The Balaban J connectivity index is 1.89. The van der Waals surface area contributed by atoms with Gasteiger partial charge in [0.2, 0.25) is 0 Å². The molecule has 1 aromatic rings. The van der Waals surface area contributed by atoms with Gasteiger partial charge in [0.1, 0.15) is 0 Å². The largest absolute Gasteiger partial charge is 0.376 e. The summed E-state index contributed by atoms with van der Waals surface area (Å²) in [7, 11) is 0. The number of pyridine rings is 1. The molecule has 0 unspecified atom stereocenters. The molecule has 1 aromatic heterocycles. The predicted octanol–water partition coefficient (Wildman–Crippen LogP) is 3.13. The van der Waals surface area contributed by atoms with E-state index in [-0.39, 0.29) is 0 Å². The van der Waals surface area contributed by atoms with Gasteiger partial charge < -0.3 is 15.0 Å². The Morgan fingerprint density at radius 1 is 1.41 bits per heavy atom. The molecule has 0 spiro atoms. The maximum Gasteiger partial charge on any atom is 0.169 e. The first-order chi connectivity index (χ1) is 10.8. The topological polar surface area (TPSA) is 37.4 Å². The highest BCUT2D eigenvalue weighted by atomic mass is 32.1. The van der Waals surface area contributed by atoms with Crippen LogP contribution >= 0.6 is 12.2 Å². The van der Waals surface area contributed by atoms with Crippen LogP contribution in [0.3, 0.4) is 0 Å². The molecule has 1 saturated heterocycles. The molecule has 1 aliphatic heterocycles. The summed E-state index contributed by atoms with van der Waals surface area (Å²) >= 11 is 5.60. The molecule has 1 N–H and O–H groups in total. The molecule has 1 atom stereocenters. The van der Waals surface area contributed by atoms with Crippen molar-refractivity contribution in [2.24, 2.45) is 0 Å². The zero-order valence-corrected chi connectivity index (χ0v) is 14.3. The number of aromatic nitrogens is 1. The average molecular weight is 321 g/mol. The van der Waals surface area contributed by atoms with Gasteiger partial charge in [-0.15, -0.1) is 0 Å². The summed E-state index contributed by atoms with van der Waals surface area (Å²) in [5, 5.41) is 4.23. The number of hydrogen-bond donors (Lipinski definition) is 1. The first-order valence-corrected chi connectivity index (χ1v) is 8.73. The van der Waals surface area contributed by atoms with Crippen LogP contribution in [-0.2, 0) is 11.3 Å². The maximum absolute atomic E-state index is 5.77. The van der Waals surface area contributed by atoms with Crippen molar-refractivity contribution in [3.05, 3.63) is 30.1 Å². The van der Waals surface area contributed by atoms with Gasteiger partial charge in [0, 0.05) is 38.6 Å². The van der Waals surface area contributed by atoms with Crippen LogP contribution in [0.1, 0.15) is 44.6 Å². The maximum atomic E-state index is 5.77. The Kier molecular flexibility index (Phi) is 7.60. The minimum Gasteiger partial charge on any atom is -0.376 e. The number of unbranched alkanes of at least 4 members (excludes halogenated alkanes) is 2. The quantitative estimate of drug-likeness (QED) is 0.588. The van der Waals surface area contributed by atoms with Crippen molar-refractivity contribution in [3.8, 4) is 0 Å². The van der Waals surface area contributed by atoms with Crippen molar-refractivity contribution in [2.45, 2.75) is 51.7 Å². The van der Waals surface area contributed by atoms with E-state index in [4.69, 9.17) is 17.0 Å². The van der Waals surface area contributed by atoms with Crippen LogP contribution in [0.2, 0.25) is 0 Å². The summed E-state index contributed by atoms with van der Waals surface area (Å²) in [4.78, 5) is 6.31. The van der Waals surface area contributed by atoms with Crippen LogP contribution < -0.4 is 5.32 Å². The molecule has 1 aliphatic rings. The molecule has 0 amide bonds. The monoisotopic (exact) mass is 321 g/mol. The number of hydrogen-bond acceptors (Lipinski definition) is 3. The van der Waals surface area contributed by atoms with Gasteiger partial charge in [-0.3, -0.25) is 4.98 Å². The Morgan fingerprint density at radius 3 is 2.91 bits per heavy atom. The fourth-order valence-corrected chi connectivity index (χ4v) is 2.89. The van der Waals surface area contributed by atoms with Crippen molar-refractivity contribution >= 4 is 17.3 Å². The predicted molar refractivity (Wildman–Crippen MR) is 93.7 cm³/mol. The number of nitrogens with zero attached hydrogens (tertiary/aromatic N) is 2. The molecule has 1 fully saturated rings. The standard InChI is InChI=1S/C17H27N3OS/c1-2-3-4-9-19-17(22)20(14-16-6-5-12-21-16)13-15-7-10-18-11-8-15/h7-8,10-11,16H,2-6,9,12-14H2,1H3,(H,19,22)/t16-/m1/s1. The van der Waals surface area contributed by atoms with Gasteiger partial charge in [-0.25, -0.2) is 0 Å². The van der Waals surface area contributed by atoms with Gasteiger partial charge in [-0.1, -0.05) is 19.8 Å². The molecule has 2 heterocycles. The van der Waals surface area contributed by atoms with E-state index in [2.05, 4.69) is 22.1 Å². The van der Waals surface area contributed by atoms with Crippen LogP contribution in [0.5, 0.6) is 0 Å². The summed E-state index contributed by atoms with van der Waals surface area (Å²) in [6.45, 7) is 5.71. The third kappa shape index (κ3) is 5.89. The Hall–Kier alpha value is -1.20. The second-order valence-corrected chi connectivity index (χ2v) is 6.20. The zero-order chi connectivity index (χ0) is 15.6. The molecule has 5 heteroatoms. The molecular weight excluding hydrogens is 294 g/mol. The highest BCUT2D eigenvalue weighted by molar-refractivity contribution is 7.80. The summed E-state index contributed by atoms with van der Waals surface area (Å²) in [6.07, 6.45) is 9.89. The third-order valence-electron chi connectivity index (χ3n) is 3.91. The molecule has 122 valence electrons. The smallest absolute Gasteiger partial charge is 0.169 e. The van der Waals surface area contributed by atoms with Gasteiger partial charge >= 0.3 is 0 Å². The van der Waals surface area contributed by atoms with Gasteiger partial charge in [0.05, 0.1) is 6.10 Å². The summed E-state index contributed by atoms with van der Waals surface area (Å²) in [5.41, 5.74) is 1.23. The van der Waals surface area contributed by atoms with E-state index in [1.807, 2.05) is 24.5 Å². The first-order valence-electron chi connectivity index (χ1n) is 8.33. The van der Waals surface area contributed by atoms with Gasteiger partial charge in [-0.2, -0.15) is 0 Å². The lowest BCUT2D eigenvalue weighted by atomic mass is 10.2. The van der Waals surface area contributed by atoms with Crippen LogP contribution in [-0.4, -0.2) is 40.8 Å². The van der Waals surface area contributed by atoms with E-state index in [1.165, 1.54) is 24.8 Å². The zero-order valence-electron chi connectivity index (χ0n) is 13.5. The second-order valence-electron chi connectivity index (χ2n) is 5.81. The fraction of sp³-hybridized carbons (Fsp3) is 0.647. The number of nitrogens with one attached hydrogen (secondary N) is 1. The van der Waals surface area contributed by atoms with Crippen LogP contribution in [0.25, 0.3) is 0 Å². The Morgan fingerprint density at radius 2 is 2.23 bits per heavy atom. The minimum atomic E-state index is 0.303. The molecule has 0 radical (unpaired) electrons. The lowest BCUT2D eigenvalue weighted by Crippen LogP contribution is -2.43. The van der Waals surface area contributed by atoms with Gasteiger partial charge in [0.15, 0.2) is 5.11 Å².